The highest BCUT2D eigenvalue weighted by Gasteiger charge is 2.23. The second-order valence-electron chi connectivity index (χ2n) is 3.62. The minimum Gasteiger partial charge on any atom is -0.367 e. The summed E-state index contributed by atoms with van der Waals surface area (Å²) in [6, 6.07) is 3.89. The zero-order valence-electron chi connectivity index (χ0n) is 8.72. The Balaban J connectivity index is 2.08. The van der Waals surface area contributed by atoms with Crippen LogP contribution in [0.25, 0.3) is 0 Å². The summed E-state index contributed by atoms with van der Waals surface area (Å²) in [5.74, 6) is 0.0914. The maximum absolute atomic E-state index is 11.2. The van der Waals surface area contributed by atoms with Gasteiger partial charge in [-0.1, -0.05) is 0 Å². The van der Waals surface area contributed by atoms with Crippen LogP contribution >= 0.6 is 0 Å². The fourth-order valence-corrected chi connectivity index (χ4v) is 1.68. The molecule has 1 fully saturated rings. The van der Waals surface area contributed by atoms with Crippen molar-refractivity contribution in [2.24, 2.45) is 0 Å². The average Bonchev–Trinajstić information content (AvgIpc) is 2.30. The minimum absolute atomic E-state index is 0.0914. The summed E-state index contributed by atoms with van der Waals surface area (Å²) in [5.41, 5.74) is 1.10. The quantitative estimate of drug-likeness (QED) is 0.720. The molecule has 0 N–H and O–H groups in total. The molecule has 80 valence electrons. The molecule has 0 radical (unpaired) electrons. The van der Waals surface area contributed by atoms with Crippen molar-refractivity contribution < 1.29 is 9.53 Å². The Bertz CT molecular complexity index is 340. The van der Waals surface area contributed by atoms with Gasteiger partial charge in [0.05, 0.1) is 13.2 Å². The molecule has 2 rings (SSSR count). The maximum atomic E-state index is 11.2. The molecule has 0 aromatic carbocycles. The van der Waals surface area contributed by atoms with E-state index in [2.05, 4.69) is 9.88 Å². The van der Waals surface area contributed by atoms with Gasteiger partial charge in [0.15, 0.2) is 5.78 Å². The number of ether oxygens (including phenoxy) is 1. The molecular formula is C11H14N2O2. The fraction of sp³-hybridized carbons (Fsp3) is 0.455. The maximum Gasteiger partial charge on any atom is 0.160 e. The van der Waals surface area contributed by atoms with Crippen LogP contribution in [0.15, 0.2) is 24.5 Å². The van der Waals surface area contributed by atoms with Crippen molar-refractivity contribution in [3.63, 3.8) is 0 Å². The van der Waals surface area contributed by atoms with Crippen LogP contribution in [0.1, 0.15) is 6.92 Å². The van der Waals surface area contributed by atoms with Crippen LogP contribution in [0, 0.1) is 0 Å². The van der Waals surface area contributed by atoms with Crippen molar-refractivity contribution in [2.45, 2.75) is 13.0 Å². The molecule has 1 unspecified atom stereocenters. The number of carbonyl (C=O) groups is 1. The third kappa shape index (κ3) is 2.33. The van der Waals surface area contributed by atoms with E-state index in [1.165, 1.54) is 0 Å². The lowest BCUT2D eigenvalue weighted by atomic mass is 10.2. The first-order valence-corrected chi connectivity index (χ1v) is 5.04. The molecule has 2 heterocycles. The van der Waals surface area contributed by atoms with Gasteiger partial charge in [-0.3, -0.25) is 9.78 Å². The number of hydrogen-bond acceptors (Lipinski definition) is 4. The Morgan fingerprint density at radius 1 is 1.53 bits per heavy atom. The Morgan fingerprint density at radius 2 is 2.27 bits per heavy atom. The summed E-state index contributed by atoms with van der Waals surface area (Å²) < 4.78 is 5.38. The molecule has 0 spiro atoms. The summed E-state index contributed by atoms with van der Waals surface area (Å²) in [5, 5.41) is 0. The SMILES string of the molecule is CC(=O)C1CN(c2ccncc2)CCO1. The molecule has 4 nitrogen and oxygen atoms in total. The summed E-state index contributed by atoms with van der Waals surface area (Å²) in [4.78, 5) is 17.3. The lowest BCUT2D eigenvalue weighted by molar-refractivity contribution is -0.128. The molecule has 1 aliphatic heterocycles. The Morgan fingerprint density at radius 3 is 2.93 bits per heavy atom. The molecule has 1 atom stereocenters. The lowest BCUT2D eigenvalue weighted by Crippen LogP contribution is -2.45. The van der Waals surface area contributed by atoms with E-state index in [-0.39, 0.29) is 11.9 Å². The highest BCUT2D eigenvalue weighted by molar-refractivity contribution is 5.81. The van der Waals surface area contributed by atoms with E-state index in [0.29, 0.717) is 13.2 Å². The molecule has 0 amide bonds. The van der Waals surface area contributed by atoms with Gasteiger partial charge < -0.3 is 9.64 Å². The predicted molar refractivity (Wildman–Crippen MR) is 56.9 cm³/mol. The highest BCUT2D eigenvalue weighted by atomic mass is 16.5. The van der Waals surface area contributed by atoms with E-state index in [4.69, 9.17) is 4.74 Å². The number of morpholine rings is 1. The number of nitrogens with zero attached hydrogens (tertiary/aromatic N) is 2. The van der Waals surface area contributed by atoms with E-state index < -0.39 is 0 Å². The molecular weight excluding hydrogens is 192 g/mol. The van der Waals surface area contributed by atoms with Crippen LogP contribution in [0.4, 0.5) is 5.69 Å². The number of ketones is 1. The first kappa shape index (κ1) is 10.1. The molecule has 1 aliphatic rings. The first-order valence-electron chi connectivity index (χ1n) is 5.04. The average molecular weight is 206 g/mol. The number of Topliss-reactive ketones (excluding diaryl/α,β-unsaturated/α-hetero) is 1. The Kier molecular flexibility index (Phi) is 2.97. The molecule has 1 aromatic heterocycles. The summed E-state index contributed by atoms with van der Waals surface area (Å²) in [7, 11) is 0. The van der Waals surface area contributed by atoms with E-state index in [1.807, 2.05) is 12.1 Å². The first-order chi connectivity index (χ1) is 7.27. The van der Waals surface area contributed by atoms with Gasteiger partial charge in [-0.15, -0.1) is 0 Å². The number of aromatic nitrogens is 1. The molecule has 15 heavy (non-hydrogen) atoms. The molecule has 1 aromatic rings. The normalized spacial score (nSPS) is 21.4. The Labute approximate surface area is 88.9 Å². The van der Waals surface area contributed by atoms with Crippen LogP contribution in [0.2, 0.25) is 0 Å². The minimum atomic E-state index is -0.285. The lowest BCUT2D eigenvalue weighted by Gasteiger charge is -2.33. The van der Waals surface area contributed by atoms with Gasteiger partial charge in [0.25, 0.3) is 0 Å². The number of hydrogen-bond donors (Lipinski definition) is 0. The second kappa shape index (κ2) is 4.40. The van der Waals surface area contributed by atoms with E-state index in [0.717, 1.165) is 12.2 Å². The van der Waals surface area contributed by atoms with Crippen LogP contribution < -0.4 is 4.90 Å². The van der Waals surface area contributed by atoms with Gasteiger partial charge in [-0.05, 0) is 19.1 Å². The predicted octanol–water partition coefficient (Wildman–Crippen LogP) is 0.876. The molecule has 0 aliphatic carbocycles. The molecule has 1 saturated heterocycles. The largest absolute Gasteiger partial charge is 0.367 e. The second-order valence-corrected chi connectivity index (χ2v) is 3.62. The Hall–Kier alpha value is -1.42. The van der Waals surface area contributed by atoms with Crippen LogP contribution in [-0.2, 0) is 9.53 Å². The van der Waals surface area contributed by atoms with Gasteiger partial charge in [0.2, 0.25) is 0 Å². The van der Waals surface area contributed by atoms with Gasteiger partial charge in [0, 0.05) is 24.6 Å². The zero-order chi connectivity index (χ0) is 10.7. The van der Waals surface area contributed by atoms with E-state index >= 15 is 0 Å². The van der Waals surface area contributed by atoms with Crippen LogP contribution in [0.5, 0.6) is 0 Å². The van der Waals surface area contributed by atoms with Gasteiger partial charge in [0.1, 0.15) is 6.10 Å². The van der Waals surface area contributed by atoms with E-state index in [9.17, 15) is 4.79 Å². The van der Waals surface area contributed by atoms with Crippen molar-refractivity contribution in [1.82, 2.24) is 4.98 Å². The van der Waals surface area contributed by atoms with Gasteiger partial charge in [-0.2, -0.15) is 0 Å². The fourth-order valence-electron chi connectivity index (χ4n) is 1.68. The number of anilines is 1. The van der Waals surface area contributed by atoms with Crippen molar-refractivity contribution in [3.05, 3.63) is 24.5 Å². The zero-order valence-corrected chi connectivity index (χ0v) is 8.72. The summed E-state index contributed by atoms with van der Waals surface area (Å²) in [6.07, 6.45) is 3.23. The van der Waals surface area contributed by atoms with Gasteiger partial charge in [-0.25, -0.2) is 0 Å². The topological polar surface area (TPSA) is 42.4 Å². The van der Waals surface area contributed by atoms with Crippen molar-refractivity contribution in [1.29, 1.82) is 0 Å². The number of pyridine rings is 1. The molecule has 0 bridgehead atoms. The number of rotatable bonds is 2. The third-order valence-electron chi connectivity index (χ3n) is 2.55. The van der Waals surface area contributed by atoms with Crippen molar-refractivity contribution in [2.75, 3.05) is 24.6 Å². The molecule has 4 heteroatoms. The highest BCUT2D eigenvalue weighted by Crippen LogP contribution is 2.16. The van der Waals surface area contributed by atoms with Gasteiger partial charge >= 0.3 is 0 Å². The summed E-state index contributed by atoms with van der Waals surface area (Å²) >= 11 is 0. The van der Waals surface area contributed by atoms with Crippen LogP contribution in [-0.4, -0.2) is 36.6 Å². The van der Waals surface area contributed by atoms with Crippen molar-refractivity contribution >= 4 is 11.5 Å². The molecule has 0 saturated carbocycles. The summed E-state index contributed by atoms with van der Waals surface area (Å²) in [6.45, 7) is 3.64. The smallest absolute Gasteiger partial charge is 0.160 e. The van der Waals surface area contributed by atoms with Crippen molar-refractivity contribution in [3.8, 4) is 0 Å². The number of carbonyl (C=O) groups excluding carboxylic acids is 1. The van der Waals surface area contributed by atoms with Crippen LogP contribution in [0.3, 0.4) is 0 Å². The standard InChI is InChI=1S/C11H14N2O2/c1-9(14)11-8-13(6-7-15-11)10-2-4-12-5-3-10/h2-5,11H,6-8H2,1H3. The van der Waals surface area contributed by atoms with E-state index in [1.54, 1.807) is 19.3 Å². The third-order valence-corrected chi connectivity index (χ3v) is 2.55. The monoisotopic (exact) mass is 206 g/mol.